The van der Waals surface area contributed by atoms with Gasteiger partial charge in [-0.2, -0.15) is 0 Å². The van der Waals surface area contributed by atoms with E-state index in [0.717, 1.165) is 18.9 Å². The first-order valence-electron chi connectivity index (χ1n) is 7.89. The minimum atomic E-state index is 0.157. The third-order valence-electron chi connectivity index (χ3n) is 4.66. The molecule has 0 saturated heterocycles. The van der Waals surface area contributed by atoms with Crippen LogP contribution in [0.15, 0.2) is 0 Å². The molecule has 3 heteroatoms. The highest BCUT2D eigenvalue weighted by Crippen LogP contribution is 2.45. The lowest BCUT2D eigenvalue weighted by molar-refractivity contribution is 0.137. The molecule has 1 aromatic rings. The fraction of sp³-hybridized carbons (Fsp3) is 0.812. The Labute approximate surface area is 122 Å². The van der Waals surface area contributed by atoms with Gasteiger partial charge < -0.3 is 5.32 Å². The molecule has 2 atom stereocenters. The van der Waals surface area contributed by atoms with E-state index in [0.29, 0.717) is 0 Å². The van der Waals surface area contributed by atoms with E-state index >= 15 is 0 Å². The molecule has 19 heavy (non-hydrogen) atoms. The first kappa shape index (κ1) is 15.0. The van der Waals surface area contributed by atoms with Crippen LogP contribution in [0.4, 0.5) is 0 Å². The smallest absolute Gasteiger partial charge is 0.114 e. The summed E-state index contributed by atoms with van der Waals surface area (Å²) < 4.78 is 0. The second kappa shape index (κ2) is 6.36. The van der Waals surface area contributed by atoms with Crippen LogP contribution in [-0.2, 0) is 12.0 Å². The number of aryl methyl sites for hydroxylation is 2. The van der Waals surface area contributed by atoms with E-state index in [9.17, 15) is 0 Å². The second-order valence-corrected chi connectivity index (χ2v) is 6.93. The summed E-state index contributed by atoms with van der Waals surface area (Å²) in [7, 11) is 0. The van der Waals surface area contributed by atoms with Crippen molar-refractivity contribution in [3.05, 3.63) is 15.6 Å². The summed E-state index contributed by atoms with van der Waals surface area (Å²) in [4.78, 5) is 6.41. The van der Waals surface area contributed by atoms with Crippen molar-refractivity contribution in [1.82, 2.24) is 10.3 Å². The topological polar surface area (TPSA) is 24.9 Å². The van der Waals surface area contributed by atoms with Gasteiger partial charge in [-0.25, -0.2) is 4.98 Å². The molecule has 1 saturated carbocycles. The maximum absolute atomic E-state index is 5.00. The van der Waals surface area contributed by atoms with Gasteiger partial charge in [-0.05, 0) is 38.6 Å². The van der Waals surface area contributed by atoms with Gasteiger partial charge in [-0.3, -0.25) is 0 Å². The van der Waals surface area contributed by atoms with Gasteiger partial charge in [-0.15, -0.1) is 11.3 Å². The molecule has 2 rings (SSSR count). The molecule has 0 amide bonds. The highest BCUT2D eigenvalue weighted by atomic mass is 32.1. The first-order valence-corrected chi connectivity index (χ1v) is 8.71. The van der Waals surface area contributed by atoms with Crippen molar-refractivity contribution in [2.45, 2.75) is 71.8 Å². The van der Waals surface area contributed by atoms with Gasteiger partial charge in [0.15, 0.2) is 0 Å². The van der Waals surface area contributed by atoms with Crippen LogP contribution in [0, 0.1) is 12.8 Å². The van der Waals surface area contributed by atoms with E-state index in [1.54, 1.807) is 0 Å². The highest BCUT2D eigenvalue weighted by Gasteiger charge is 2.43. The number of thiazole rings is 1. The van der Waals surface area contributed by atoms with Crippen LogP contribution in [0.5, 0.6) is 0 Å². The van der Waals surface area contributed by atoms with Crippen molar-refractivity contribution < 1.29 is 0 Å². The standard InChI is InChI=1S/C16H28N2S/c1-5-13-10-8-9-11-16(13,17-7-3)15-18-14(6-2)12(4)19-15/h13,17H,5-11H2,1-4H3. The van der Waals surface area contributed by atoms with E-state index < -0.39 is 0 Å². The number of hydrogen-bond donors (Lipinski definition) is 1. The Morgan fingerprint density at radius 1 is 1.32 bits per heavy atom. The van der Waals surface area contributed by atoms with Crippen molar-refractivity contribution in [3.8, 4) is 0 Å². The van der Waals surface area contributed by atoms with Gasteiger partial charge in [-0.1, -0.05) is 40.0 Å². The SMILES string of the molecule is CCNC1(c2nc(CC)c(C)s2)CCCCC1CC. The Morgan fingerprint density at radius 2 is 2.11 bits per heavy atom. The largest absolute Gasteiger partial charge is 0.305 e. The molecule has 0 radical (unpaired) electrons. The van der Waals surface area contributed by atoms with Crippen LogP contribution in [0.1, 0.15) is 68.5 Å². The third kappa shape index (κ3) is 2.73. The zero-order valence-electron chi connectivity index (χ0n) is 12.9. The molecule has 0 spiro atoms. The summed E-state index contributed by atoms with van der Waals surface area (Å²) in [6.07, 6.45) is 7.65. The van der Waals surface area contributed by atoms with E-state index in [1.807, 2.05) is 11.3 Å². The van der Waals surface area contributed by atoms with Crippen LogP contribution < -0.4 is 5.32 Å². The van der Waals surface area contributed by atoms with E-state index in [-0.39, 0.29) is 5.54 Å². The van der Waals surface area contributed by atoms with Gasteiger partial charge in [0.25, 0.3) is 0 Å². The number of aromatic nitrogens is 1. The summed E-state index contributed by atoms with van der Waals surface area (Å²) in [6.45, 7) is 10.0. The Balaban J connectivity index is 2.41. The summed E-state index contributed by atoms with van der Waals surface area (Å²) in [5.41, 5.74) is 1.46. The predicted molar refractivity (Wildman–Crippen MR) is 83.8 cm³/mol. The molecule has 2 nitrogen and oxygen atoms in total. The maximum Gasteiger partial charge on any atom is 0.114 e. The molecule has 1 aliphatic rings. The zero-order valence-corrected chi connectivity index (χ0v) is 13.7. The fourth-order valence-electron chi connectivity index (χ4n) is 3.65. The minimum absolute atomic E-state index is 0.157. The van der Waals surface area contributed by atoms with Crippen molar-refractivity contribution in [2.75, 3.05) is 6.54 Å². The third-order valence-corrected chi connectivity index (χ3v) is 5.86. The Kier molecular flexibility index (Phi) is 5.02. The Hall–Kier alpha value is -0.410. The molecule has 2 unspecified atom stereocenters. The van der Waals surface area contributed by atoms with Crippen molar-refractivity contribution in [3.63, 3.8) is 0 Å². The Morgan fingerprint density at radius 3 is 2.68 bits per heavy atom. The van der Waals surface area contributed by atoms with Crippen LogP contribution in [-0.4, -0.2) is 11.5 Å². The average molecular weight is 280 g/mol. The summed E-state index contributed by atoms with van der Waals surface area (Å²) in [5, 5.41) is 5.18. The van der Waals surface area contributed by atoms with Gasteiger partial charge in [0.05, 0.1) is 11.2 Å². The van der Waals surface area contributed by atoms with Gasteiger partial charge in [0.2, 0.25) is 0 Å². The quantitative estimate of drug-likeness (QED) is 0.863. The molecule has 1 heterocycles. The number of rotatable bonds is 5. The van der Waals surface area contributed by atoms with E-state index in [1.165, 1.54) is 47.7 Å². The molecule has 0 aliphatic heterocycles. The summed E-state index contributed by atoms with van der Waals surface area (Å²) in [6, 6.07) is 0. The van der Waals surface area contributed by atoms with Gasteiger partial charge in [0.1, 0.15) is 5.01 Å². The molecule has 1 aromatic heterocycles. The van der Waals surface area contributed by atoms with E-state index in [2.05, 4.69) is 33.0 Å². The lowest BCUT2D eigenvalue weighted by Crippen LogP contribution is -2.50. The number of hydrogen-bond acceptors (Lipinski definition) is 3. The van der Waals surface area contributed by atoms with Crippen molar-refractivity contribution in [1.29, 1.82) is 0 Å². The number of nitrogens with zero attached hydrogens (tertiary/aromatic N) is 1. The van der Waals surface area contributed by atoms with E-state index in [4.69, 9.17) is 4.98 Å². The fourth-order valence-corrected chi connectivity index (χ4v) is 4.93. The van der Waals surface area contributed by atoms with Crippen LogP contribution in [0.25, 0.3) is 0 Å². The van der Waals surface area contributed by atoms with Gasteiger partial charge in [0, 0.05) is 4.88 Å². The normalized spacial score (nSPS) is 27.7. The Bertz CT molecular complexity index is 409. The lowest BCUT2D eigenvalue weighted by atomic mass is 9.71. The van der Waals surface area contributed by atoms with Crippen molar-refractivity contribution >= 4 is 11.3 Å². The maximum atomic E-state index is 5.00. The molecule has 1 aliphatic carbocycles. The monoisotopic (exact) mass is 280 g/mol. The molecular weight excluding hydrogens is 252 g/mol. The molecular formula is C16H28N2S. The molecule has 108 valence electrons. The van der Waals surface area contributed by atoms with Crippen molar-refractivity contribution in [2.24, 2.45) is 5.92 Å². The number of nitrogens with one attached hydrogen (secondary N) is 1. The molecule has 1 N–H and O–H groups in total. The molecule has 0 aromatic carbocycles. The summed E-state index contributed by atoms with van der Waals surface area (Å²) >= 11 is 1.93. The highest BCUT2D eigenvalue weighted by molar-refractivity contribution is 7.11. The first-order chi connectivity index (χ1) is 9.17. The molecule has 0 bridgehead atoms. The van der Waals surface area contributed by atoms with Crippen LogP contribution in [0.3, 0.4) is 0 Å². The predicted octanol–water partition coefficient (Wildman–Crippen LogP) is 4.42. The van der Waals surface area contributed by atoms with Crippen LogP contribution >= 0.6 is 11.3 Å². The second-order valence-electron chi connectivity index (χ2n) is 5.73. The minimum Gasteiger partial charge on any atom is -0.305 e. The zero-order chi connectivity index (χ0) is 13.9. The molecule has 1 fully saturated rings. The van der Waals surface area contributed by atoms with Gasteiger partial charge >= 0.3 is 0 Å². The average Bonchev–Trinajstić information content (AvgIpc) is 2.81. The lowest BCUT2D eigenvalue weighted by Gasteiger charge is -2.43. The summed E-state index contributed by atoms with van der Waals surface area (Å²) in [5.74, 6) is 0.747. The van der Waals surface area contributed by atoms with Crippen LogP contribution in [0.2, 0.25) is 0 Å².